The zero-order valence-corrected chi connectivity index (χ0v) is 12.0. The third-order valence-electron chi connectivity index (χ3n) is 3.41. The summed E-state index contributed by atoms with van der Waals surface area (Å²) in [6.07, 6.45) is 1.17. The molecule has 2 aromatic rings. The second-order valence-electron chi connectivity index (χ2n) is 4.67. The lowest BCUT2D eigenvalue weighted by molar-refractivity contribution is 0.394. The van der Waals surface area contributed by atoms with Gasteiger partial charge in [0, 0.05) is 11.0 Å². The molecule has 1 saturated heterocycles. The van der Waals surface area contributed by atoms with E-state index in [2.05, 4.69) is 49.6 Å². The Morgan fingerprint density at radius 3 is 3.00 bits per heavy atom. The van der Waals surface area contributed by atoms with Crippen LogP contribution < -0.4 is 0 Å². The number of likely N-dealkylation sites (N-methyl/N-ethyl adjacent to an activating group) is 1. The largest absolute Gasteiger partial charge is 0.331 e. The van der Waals surface area contributed by atoms with Crippen LogP contribution in [0.1, 0.15) is 12.5 Å². The summed E-state index contributed by atoms with van der Waals surface area (Å²) in [5.41, 5.74) is 2.32. The van der Waals surface area contributed by atoms with Crippen LogP contribution >= 0.6 is 28.1 Å². The molecule has 3 nitrogen and oxygen atoms in total. The number of hydrogen-bond acceptors (Lipinski definition) is 2. The van der Waals surface area contributed by atoms with Gasteiger partial charge in [-0.25, -0.2) is 0 Å². The van der Waals surface area contributed by atoms with Gasteiger partial charge in [0.2, 0.25) is 0 Å². The third-order valence-corrected chi connectivity index (χ3v) is 4.20. The number of H-pyrrole nitrogens is 1. The molecule has 0 amide bonds. The fourth-order valence-electron chi connectivity index (χ4n) is 2.58. The van der Waals surface area contributed by atoms with Gasteiger partial charge in [0.05, 0.1) is 17.1 Å². The van der Waals surface area contributed by atoms with E-state index in [1.165, 1.54) is 11.9 Å². The molecule has 1 atom stereocenters. The molecule has 1 N–H and O–H groups in total. The van der Waals surface area contributed by atoms with Crippen LogP contribution in [0.4, 0.5) is 0 Å². The average molecular weight is 312 g/mol. The van der Waals surface area contributed by atoms with Crippen LogP contribution in [0.2, 0.25) is 0 Å². The van der Waals surface area contributed by atoms with Gasteiger partial charge in [0.15, 0.2) is 4.77 Å². The SMILES string of the molecule is CN1CCC(n2c(=S)[nH]c3ccc(Br)cc32)C1. The first-order chi connectivity index (χ1) is 8.15. The third kappa shape index (κ3) is 1.96. The number of nitrogens with zero attached hydrogens (tertiary/aromatic N) is 2. The zero-order chi connectivity index (χ0) is 12.0. The van der Waals surface area contributed by atoms with E-state index in [4.69, 9.17) is 12.2 Å². The van der Waals surface area contributed by atoms with Gasteiger partial charge >= 0.3 is 0 Å². The minimum Gasteiger partial charge on any atom is -0.331 e. The molecule has 17 heavy (non-hydrogen) atoms. The summed E-state index contributed by atoms with van der Waals surface area (Å²) >= 11 is 8.97. The first-order valence-corrected chi connectivity index (χ1v) is 6.93. The molecule has 5 heteroatoms. The molecule has 1 aliphatic rings. The second kappa shape index (κ2) is 4.23. The number of benzene rings is 1. The molecule has 1 aromatic heterocycles. The summed E-state index contributed by atoms with van der Waals surface area (Å²) in [6.45, 7) is 2.22. The maximum Gasteiger partial charge on any atom is 0.178 e. The molecule has 1 fully saturated rings. The number of rotatable bonds is 1. The van der Waals surface area contributed by atoms with Gasteiger partial charge in [-0.1, -0.05) is 15.9 Å². The van der Waals surface area contributed by atoms with Crippen molar-refractivity contribution < 1.29 is 0 Å². The van der Waals surface area contributed by atoms with Crippen molar-refractivity contribution in [3.05, 3.63) is 27.4 Å². The number of fused-ring (bicyclic) bond motifs is 1. The van der Waals surface area contributed by atoms with E-state index in [-0.39, 0.29) is 0 Å². The summed E-state index contributed by atoms with van der Waals surface area (Å²) in [4.78, 5) is 5.63. The maximum atomic E-state index is 5.45. The van der Waals surface area contributed by atoms with Crippen LogP contribution in [-0.2, 0) is 0 Å². The van der Waals surface area contributed by atoms with E-state index in [9.17, 15) is 0 Å². The Morgan fingerprint density at radius 2 is 2.29 bits per heavy atom. The van der Waals surface area contributed by atoms with Gasteiger partial charge in [-0.2, -0.15) is 0 Å². The van der Waals surface area contributed by atoms with Gasteiger partial charge in [-0.05, 0) is 50.4 Å². The van der Waals surface area contributed by atoms with E-state index in [0.717, 1.165) is 27.8 Å². The van der Waals surface area contributed by atoms with Crippen molar-refractivity contribution in [3.8, 4) is 0 Å². The highest BCUT2D eigenvalue weighted by Crippen LogP contribution is 2.27. The van der Waals surface area contributed by atoms with Crippen LogP contribution in [0.5, 0.6) is 0 Å². The van der Waals surface area contributed by atoms with E-state index in [1.54, 1.807) is 0 Å². The van der Waals surface area contributed by atoms with E-state index in [0.29, 0.717) is 6.04 Å². The predicted molar refractivity (Wildman–Crippen MR) is 76.0 cm³/mol. The second-order valence-corrected chi connectivity index (χ2v) is 5.97. The van der Waals surface area contributed by atoms with Crippen molar-refractivity contribution in [2.24, 2.45) is 0 Å². The molecule has 3 rings (SSSR count). The normalized spacial score (nSPS) is 21.4. The van der Waals surface area contributed by atoms with Crippen LogP contribution in [0, 0.1) is 4.77 Å². The van der Waals surface area contributed by atoms with Crippen LogP contribution in [0.25, 0.3) is 11.0 Å². The Balaban J connectivity index is 2.17. The highest BCUT2D eigenvalue weighted by atomic mass is 79.9. The van der Waals surface area contributed by atoms with Crippen molar-refractivity contribution in [2.45, 2.75) is 12.5 Å². The number of likely N-dealkylation sites (tertiary alicyclic amines) is 1. The summed E-state index contributed by atoms with van der Waals surface area (Å²) in [6, 6.07) is 6.75. The number of nitrogens with one attached hydrogen (secondary N) is 1. The summed E-state index contributed by atoms with van der Waals surface area (Å²) in [5, 5.41) is 0. The van der Waals surface area contributed by atoms with E-state index < -0.39 is 0 Å². The highest BCUT2D eigenvalue weighted by Gasteiger charge is 2.23. The molecule has 1 aliphatic heterocycles. The van der Waals surface area contributed by atoms with Gasteiger partial charge < -0.3 is 14.5 Å². The van der Waals surface area contributed by atoms with Crippen molar-refractivity contribution >= 4 is 39.2 Å². The highest BCUT2D eigenvalue weighted by molar-refractivity contribution is 9.10. The van der Waals surface area contributed by atoms with Crippen LogP contribution in [0.3, 0.4) is 0 Å². The van der Waals surface area contributed by atoms with Crippen LogP contribution in [-0.4, -0.2) is 34.6 Å². The Morgan fingerprint density at radius 1 is 1.47 bits per heavy atom. The molecule has 2 heterocycles. The molecule has 90 valence electrons. The molecular formula is C12H14BrN3S. The monoisotopic (exact) mass is 311 g/mol. The molecule has 1 unspecified atom stereocenters. The first-order valence-electron chi connectivity index (χ1n) is 5.73. The molecule has 1 aromatic carbocycles. The lowest BCUT2D eigenvalue weighted by atomic mass is 10.2. The lowest BCUT2D eigenvalue weighted by Crippen LogP contribution is -2.16. The Hall–Kier alpha value is -0.650. The maximum absolute atomic E-state index is 5.45. The Labute approximate surface area is 114 Å². The average Bonchev–Trinajstić information content (AvgIpc) is 2.81. The van der Waals surface area contributed by atoms with Gasteiger partial charge in [-0.15, -0.1) is 0 Å². The van der Waals surface area contributed by atoms with E-state index in [1.807, 2.05) is 6.07 Å². The van der Waals surface area contributed by atoms with E-state index >= 15 is 0 Å². The van der Waals surface area contributed by atoms with Gasteiger partial charge in [0.25, 0.3) is 0 Å². The summed E-state index contributed by atoms with van der Waals surface area (Å²) in [7, 11) is 2.16. The molecule has 0 aliphatic carbocycles. The first kappa shape index (κ1) is 11.4. The standard InChI is InChI=1S/C12H14BrN3S/c1-15-5-4-9(7-15)16-11-6-8(13)2-3-10(11)14-12(16)17/h2-3,6,9H,4-5,7H2,1H3,(H,14,17). The number of halogens is 1. The zero-order valence-electron chi connectivity index (χ0n) is 9.61. The van der Waals surface area contributed by atoms with Gasteiger partial charge in [0.1, 0.15) is 0 Å². The van der Waals surface area contributed by atoms with Crippen molar-refractivity contribution in [1.29, 1.82) is 0 Å². The predicted octanol–water partition coefficient (Wildman–Crippen LogP) is 3.34. The molecule has 0 spiro atoms. The van der Waals surface area contributed by atoms with Crippen molar-refractivity contribution in [3.63, 3.8) is 0 Å². The van der Waals surface area contributed by atoms with Gasteiger partial charge in [-0.3, -0.25) is 0 Å². The smallest absolute Gasteiger partial charge is 0.178 e. The van der Waals surface area contributed by atoms with Crippen molar-refractivity contribution in [1.82, 2.24) is 14.5 Å². The number of imidazole rings is 1. The Kier molecular flexibility index (Phi) is 2.84. The minimum absolute atomic E-state index is 0.496. The minimum atomic E-state index is 0.496. The fourth-order valence-corrected chi connectivity index (χ4v) is 3.29. The lowest BCUT2D eigenvalue weighted by Gasteiger charge is -2.13. The number of hydrogen-bond donors (Lipinski definition) is 1. The summed E-state index contributed by atoms with van der Waals surface area (Å²) in [5.74, 6) is 0. The van der Waals surface area contributed by atoms with Crippen LogP contribution in [0.15, 0.2) is 22.7 Å². The van der Waals surface area contributed by atoms with Crippen molar-refractivity contribution in [2.75, 3.05) is 20.1 Å². The summed E-state index contributed by atoms with van der Waals surface area (Å²) < 4.78 is 4.19. The quantitative estimate of drug-likeness (QED) is 0.817. The molecule has 0 bridgehead atoms. The molecular weight excluding hydrogens is 298 g/mol. The molecule has 0 radical (unpaired) electrons. The number of aromatic nitrogens is 2. The Bertz CT molecular complexity index is 616. The topological polar surface area (TPSA) is 24.0 Å². The molecule has 0 saturated carbocycles. The fraction of sp³-hybridized carbons (Fsp3) is 0.417. The number of aromatic amines is 1.